The number of hydrogen-bond acceptors (Lipinski definition) is 2. The Hall–Kier alpha value is -1.02. The third-order valence-corrected chi connectivity index (χ3v) is 5.28. The van der Waals surface area contributed by atoms with E-state index in [9.17, 15) is 4.79 Å². The lowest BCUT2D eigenvalue weighted by Crippen LogP contribution is -2.20. The molecule has 1 aromatic rings. The maximum absolute atomic E-state index is 12.3. The lowest BCUT2D eigenvalue weighted by Gasteiger charge is -2.24. The zero-order chi connectivity index (χ0) is 13.8. The van der Waals surface area contributed by atoms with Gasteiger partial charge in [0.2, 0.25) is 0 Å². The van der Waals surface area contributed by atoms with Crippen LogP contribution in [0.25, 0.3) is 0 Å². The molecule has 0 aromatic heterocycles. The fourth-order valence-electron chi connectivity index (χ4n) is 2.62. The van der Waals surface area contributed by atoms with E-state index < -0.39 is 0 Å². The average Bonchev–Trinajstić information content (AvgIpc) is 2.41. The summed E-state index contributed by atoms with van der Waals surface area (Å²) in [7, 11) is 0. The molecule has 1 atom stereocenters. The molecule has 0 amide bonds. The van der Waals surface area contributed by atoms with Crippen LogP contribution in [-0.4, -0.2) is 5.78 Å². The lowest BCUT2D eigenvalue weighted by atomic mass is 9.85. The first kappa shape index (κ1) is 14.4. The molecule has 1 aliphatic carbocycles. The van der Waals surface area contributed by atoms with Gasteiger partial charge in [-0.2, -0.15) is 0 Å². The highest BCUT2D eigenvalue weighted by molar-refractivity contribution is 8.03. The quantitative estimate of drug-likeness (QED) is 0.756. The Balaban J connectivity index is 2.17. The largest absolute Gasteiger partial charge is 0.294 e. The summed E-state index contributed by atoms with van der Waals surface area (Å²) in [4.78, 5) is 14.9. The fourth-order valence-corrected chi connectivity index (χ4v) is 3.74. The molecular weight excluding hydrogens is 252 g/mol. The normalized spacial score (nSPS) is 19.9. The van der Waals surface area contributed by atoms with Gasteiger partial charge in [-0.3, -0.25) is 4.79 Å². The van der Waals surface area contributed by atoms with Crippen LogP contribution in [0.4, 0.5) is 0 Å². The number of thioether (sulfide) groups is 1. The molecule has 102 valence electrons. The Kier molecular flexibility index (Phi) is 4.87. The molecule has 1 nitrogen and oxygen atoms in total. The van der Waals surface area contributed by atoms with Crippen LogP contribution >= 0.6 is 11.8 Å². The van der Waals surface area contributed by atoms with Gasteiger partial charge in [0.15, 0.2) is 5.78 Å². The summed E-state index contributed by atoms with van der Waals surface area (Å²) in [6, 6.07) is 8.39. The summed E-state index contributed by atoms with van der Waals surface area (Å²) in [6.45, 7) is 6.29. The van der Waals surface area contributed by atoms with E-state index in [1.807, 2.05) is 6.92 Å². The van der Waals surface area contributed by atoms with Crippen molar-refractivity contribution in [3.05, 3.63) is 40.3 Å². The molecule has 19 heavy (non-hydrogen) atoms. The summed E-state index contributed by atoms with van der Waals surface area (Å²) < 4.78 is 0. The molecule has 0 fully saturated rings. The van der Waals surface area contributed by atoms with Crippen molar-refractivity contribution in [2.45, 2.75) is 51.3 Å². The number of benzene rings is 1. The molecular formula is C17H22OS. The zero-order valence-electron chi connectivity index (χ0n) is 12.0. The number of rotatable bonds is 4. The topological polar surface area (TPSA) is 17.1 Å². The zero-order valence-corrected chi connectivity index (χ0v) is 12.8. The highest BCUT2D eigenvalue weighted by Gasteiger charge is 2.26. The fraction of sp³-hybridized carbons (Fsp3) is 0.471. The van der Waals surface area contributed by atoms with Crippen molar-refractivity contribution in [1.29, 1.82) is 0 Å². The number of hydrogen-bond donors (Lipinski definition) is 0. The van der Waals surface area contributed by atoms with Crippen LogP contribution in [0.2, 0.25) is 0 Å². The first-order valence-electron chi connectivity index (χ1n) is 7.11. The SMILES string of the molecule is CCCC1CCC(Sc2ccccc2C)=C(C)C1=O. The number of carbonyl (C=O) groups excluding carboxylic acids is 1. The monoisotopic (exact) mass is 274 g/mol. The van der Waals surface area contributed by atoms with Crippen molar-refractivity contribution in [3.8, 4) is 0 Å². The highest BCUT2D eigenvalue weighted by Crippen LogP contribution is 2.39. The minimum atomic E-state index is 0.270. The molecule has 0 aliphatic heterocycles. The molecule has 1 unspecified atom stereocenters. The Bertz CT molecular complexity index is 502. The van der Waals surface area contributed by atoms with Crippen LogP contribution in [-0.2, 0) is 4.79 Å². The number of Topliss-reactive ketones (excluding diaryl/α,β-unsaturated/α-hetero) is 1. The molecule has 0 N–H and O–H groups in total. The molecule has 0 bridgehead atoms. The Labute approximate surface area is 120 Å². The molecule has 1 aromatic carbocycles. The van der Waals surface area contributed by atoms with E-state index >= 15 is 0 Å². The minimum absolute atomic E-state index is 0.270. The first-order valence-corrected chi connectivity index (χ1v) is 7.92. The number of ketones is 1. The van der Waals surface area contributed by atoms with Gasteiger partial charge >= 0.3 is 0 Å². The van der Waals surface area contributed by atoms with Gasteiger partial charge in [-0.25, -0.2) is 0 Å². The summed E-state index contributed by atoms with van der Waals surface area (Å²) >= 11 is 1.78. The van der Waals surface area contributed by atoms with Crippen LogP contribution < -0.4 is 0 Å². The van der Waals surface area contributed by atoms with Gasteiger partial charge in [-0.1, -0.05) is 43.3 Å². The summed E-state index contributed by atoms with van der Waals surface area (Å²) in [6.07, 6.45) is 4.22. The van der Waals surface area contributed by atoms with E-state index in [4.69, 9.17) is 0 Å². The van der Waals surface area contributed by atoms with E-state index in [2.05, 4.69) is 38.1 Å². The molecule has 0 heterocycles. The lowest BCUT2D eigenvalue weighted by molar-refractivity contribution is -0.120. The molecule has 0 radical (unpaired) electrons. The third kappa shape index (κ3) is 3.30. The molecule has 2 rings (SSSR count). The van der Waals surface area contributed by atoms with Gasteiger partial charge in [0.05, 0.1) is 0 Å². The Morgan fingerprint density at radius 1 is 1.26 bits per heavy atom. The predicted octanol–water partition coefficient (Wildman–Crippen LogP) is 5.14. The average molecular weight is 274 g/mol. The van der Waals surface area contributed by atoms with E-state index in [0.29, 0.717) is 5.78 Å². The maximum Gasteiger partial charge on any atom is 0.162 e. The number of aryl methyl sites for hydroxylation is 1. The van der Waals surface area contributed by atoms with Crippen molar-refractivity contribution in [2.24, 2.45) is 5.92 Å². The van der Waals surface area contributed by atoms with Gasteiger partial charge in [0, 0.05) is 16.4 Å². The van der Waals surface area contributed by atoms with Crippen LogP contribution in [0, 0.1) is 12.8 Å². The second-order valence-electron chi connectivity index (χ2n) is 5.30. The number of allylic oxidation sites excluding steroid dienone is 2. The van der Waals surface area contributed by atoms with Crippen molar-refractivity contribution in [3.63, 3.8) is 0 Å². The van der Waals surface area contributed by atoms with Gasteiger partial charge in [-0.15, -0.1) is 0 Å². The summed E-state index contributed by atoms with van der Waals surface area (Å²) in [5.74, 6) is 0.649. The molecule has 2 heteroatoms. The van der Waals surface area contributed by atoms with Crippen molar-refractivity contribution in [2.75, 3.05) is 0 Å². The van der Waals surface area contributed by atoms with Gasteiger partial charge in [0.1, 0.15) is 0 Å². The minimum Gasteiger partial charge on any atom is -0.294 e. The molecule has 1 aliphatic rings. The van der Waals surface area contributed by atoms with E-state index in [0.717, 1.165) is 31.3 Å². The smallest absolute Gasteiger partial charge is 0.162 e. The second kappa shape index (κ2) is 6.42. The van der Waals surface area contributed by atoms with E-state index in [1.54, 1.807) is 11.8 Å². The highest BCUT2D eigenvalue weighted by atomic mass is 32.2. The van der Waals surface area contributed by atoms with Gasteiger partial charge in [0.25, 0.3) is 0 Å². The van der Waals surface area contributed by atoms with E-state index in [1.165, 1.54) is 15.4 Å². The van der Waals surface area contributed by atoms with E-state index in [-0.39, 0.29) is 5.92 Å². The maximum atomic E-state index is 12.3. The third-order valence-electron chi connectivity index (χ3n) is 3.84. The number of carbonyl (C=O) groups is 1. The van der Waals surface area contributed by atoms with Crippen molar-refractivity contribution in [1.82, 2.24) is 0 Å². The van der Waals surface area contributed by atoms with Crippen molar-refractivity contribution >= 4 is 17.5 Å². The van der Waals surface area contributed by atoms with Crippen LogP contribution in [0.5, 0.6) is 0 Å². The predicted molar refractivity (Wildman–Crippen MR) is 82.4 cm³/mol. The second-order valence-corrected chi connectivity index (χ2v) is 6.44. The van der Waals surface area contributed by atoms with Crippen molar-refractivity contribution < 1.29 is 4.79 Å². The summed E-state index contributed by atoms with van der Waals surface area (Å²) in [5.41, 5.74) is 2.29. The molecule has 0 saturated heterocycles. The summed E-state index contributed by atoms with van der Waals surface area (Å²) in [5, 5.41) is 0. The Morgan fingerprint density at radius 3 is 2.68 bits per heavy atom. The van der Waals surface area contributed by atoms with Gasteiger partial charge < -0.3 is 0 Å². The van der Waals surface area contributed by atoms with Crippen LogP contribution in [0.3, 0.4) is 0 Å². The van der Waals surface area contributed by atoms with Crippen LogP contribution in [0.15, 0.2) is 39.6 Å². The molecule has 0 spiro atoms. The molecule has 0 saturated carbocycles. The van der Waals surface area contributed by atoms with Crippen LogP contribution in [0.1, 0.15) is 45.1 Å². The first-order chi connectivity index (χ1) is 9.13. The van der Waals surface area contributed by atoms with Gasteiger partial charge in [-0.05, 0) is 49.6 Å². The standard InChI is InChI=1S/C17H22OS/c1-4-7-14-10-11-16(13(3)17(14)18)19-15-9-6-5-8-12(15)2/h5-6,8-9,14H,4,7,10-11H2,1-3H3. The Morgan fingerprint density at radius 2 is 2.00 bits per heavy atom.